The lowest BCUT2D eigenvalue weighted by Gasteiger charge is -2.15. The predicted octanol–water partition coefficient (Wildman–Crippen LogP) is 4.30. The predicted molar refractivity (Wildman–Crippen MR) is 108 cm³/mol. The van der Waals surface area contributed by atoms with Gasteiger partial charge < -0.3 is 4.90 Å². The van der Waals surface area contributed by atoms with Gasteiger partial charge >= 0.3 is 0 Å². The molecule has 0 N–H and O–H groups in total. The molecule has 4 rings (SSSR count). The number of likely N-dealkylation sites (tertiary alicyclic amines) is 1. The second-order valence-corrected chi connectivity index (χ2v) is 7.82. The van der Waals surface area contributed by atoms with Crippen LogP contribution in [0.15, 0.2) is 59.8 Å². The van der Waals surface area contributed by atoms with Crippen molar-refractivity contribution in [1.82, 2.24) is 19.7 Å². The molecule has 2 aromatic carbocycles. The van der Waals surface area contributed by atoms with E-state index in [4.69, 9.17) is 11.6 Å². The lowest BCUT2D eigenvalue weighted by Crippen LogP contribution is -2.27. The van der Waals surface area contributed by atoms with Crippen LogP contribution in [0.2, 0.25) is 5.02 Å². The Morgan fingerprint density at radius 2 is 1.81 bits per heavy atom. The van der Waals surface area contributed by atoms with Crippen LogP contribution in [0, 0.1) is 0 Å². The Kier molecular flexibility index (Phi) is 5.45. The third-order valence-electron chi connectivity index (χ3n) is 4.51. The second-order valence-electron chi connectivity index (χ2n) is 6.32. The maximum atomic E-state index is 11.8. The van der Waals surface area contributed by atoms with Gasteiger partial charge in [-0.3, -0.25) is 9.36 Å². The van der Waals surface area contributed by atoms with Crippen molar-refractivity contribution in [2.75, 3.05) is 18.8 Å². The monoisotopic (exact) mass is 398 g/mol. The third-order valence-corrected chi connectivity index (χ3v) is 5.68. The highest BCUT2D eigenvalue weighted by Crippen LogP contribution is 2.28. The number of carbonyl (C=O) groups excluding carboxylic acids is 1. The summed E-state index contributed by atoms with van der Waals surface area (Å²) in [5, 5.41) is 10.3. The molecule has 0 atom stereocenters. The highest BCUT2D eigenvalue weighted by atomic mass is 35.5. The Morgan fingerprint density at radius 1 is 1.04 bits per heavy atom. The van der Waals surface area contributed by atoms with Gasteiger partial charge in [0.05, 0.1) is 0 Å². The van der Waals surface area contributed by atoms with Crippen molar-refractivity contribution >= 4 is 29.3 Å². The van der Waals surface area contributed by atoms with Crippen molar-refractivity contribution < 1.29 is 4.79 Å². The Hall–Kier alpha value is -2.31. The van der Waals surface area contributed by atoms with Crippen molar-refractivity contribution in [3.05, 3.63) is 59.6 Å². The lowest BCUT2D eigenvalue weighted by molar-refractivity contribution is -0.127. The summed E-state index contributed by atoms with van der Waals surface area (Å²) in [6.45, 7) is 1.59. The first-order valence-corrected chi connectivity index (χ1v) is 10.3. The molecule has 0 aliphatic carbocycles. The molecule has 1 amide bonds. The second kappa shape index (κ2) is 8.15. The molecular weight excluding hydrogens is 380 g/mol. The molecule has 1 aromatic heterocycles. The van der Waals surface area contributed by atoms with E-state index in [-0.39, 0.29) is 5.91 Å². The summed E-state index contributed by atoms with van der Waals surface area (Å²) in [4.78, 5) is 13.7. The van der Waals surface area contributed by atoms with Gasteiger partial charge in [-0.05, 0) is 30.7 Å². The molecule has 27 heavy (non-hydrogen) atoms. The minimum Gasteiger partial charge on any atom is -0.342 e. The normalized spacial score (nSPS) is 14.1. The van der Waals surface area contributed by atoms with E-state index in [0.717, 1.165) is 47.5 Å². The lowest BCUT2D eigenvalue weighted by atomic mass is 10.2. The molecule has 0 spiro atoms. The van der Waals surface area contributed by atoms with Crippen LogP contribution >= 0.6 is 23.4 Å². The van der Waals surface area contributed by atoms with E-state index in [2.05, 4.69) is 10.2 Å². The SMILES string of the molecule is O=C1CCCN1CCSc1nnc(-c2ccccc2)n1-c1ccc(Cl)cc1. The van der Waals surface area contributed by atoms with Crippen LogP contribution in [0.1, 0.15) is 12.8 Å². The van der Waals surface area contributed by atoms with E-state index < -0.39 is 0 Å². The Labute approximate surface area is 167 Å². The molecule has 0 saturated carbocycles. The van der Waals surface area contributed by atoms with Gasteiger partial charge in [0.1, 0.15) is 0 Å². The van der Waals surface area contributed by atoms with Gasteiger partial charge in [0, 0.05) is 41.5 Å². The number of hydrogen-bond acceptors (Lipinski definition) is 4. The zero-order chi connectivity index (χ0) is 18.6. The number of thioether (sulfide) groups is 1. The van der Waals surface area contributed by atoms with E-state index in [0.29, 0.717) is 11.4 Å². The number of nitrogens with zero attached hydrogens (tertiary/aromatic N) is 4. The van der Waals surface area contributed by atoms with Crippen LogP contribution in [-0.4, -0.2) is 44.4 Å². The zero-order valence-corrected chi connectivity index (χ0v) is 16.3. The molecule has 1 fully saturated rings. The Bertz CT molecular complexity index is 927. The minimum absolute atomic E-state index is 0.250. The van der Waals surface area contributed by atoms with Crippen LogP contribution in [0.3, 0.4) is 0 Å². The first-order valence-electron chi connectivity index (χ1n) is 8.90. The quantitative estimate of drug-likeness (QED) is 0.581. The molecule has 2 heterocycles. The average molecular weight is 399 g/mol. The molecule has 138 valence electrons. The standard InChI is InChI=1S/C20H19ClN4OS/c21-16-8-10-17(11-9-16)25-19(15-5-2-1-3-6-15)22-23-20(25)27-14-13-24-12-4-7-18(24)26/h1-3,5-6,8-11H,4,7,12-14H2. The minimum atomic E-state index is 0.250. The molecule has 1 saturated heterocycles. The van der Waals surface area contributed by atoms with Crippen LogP contribution in [0.25, 0.3) is 17.1 Å². The zero-order valence-electron chi connectivity index (χ0n) is 14.7. The van der Waals surface area contributed by atoms with Crippen molar-refractivity contribution in [3.63, 3.8) is 0 Å². The largest absolute Gasteiger partial charge is 0.342 e. The summed E-state index contributed by atoms with van der Waals surface area (Å²) in [6, 6.07) is 17.7. The van der Waals surface area contributed by atoms with E-state index in [1.807, 2.05) is 64.1 Å². The van der Waals surface area contributed by atoms with E-state index in [1.165, 1.54) is 0 Å². The molecule has 3 aromatic rings. The summed E-state index contributed by atoms with van der Waals surface area (Å²) in [7, 11) is 0. The molecule has 1 aliphatic rings. The number of hydrogen-bond donors (Lipinski definition) is 0. The molecular formula is C20H19ClN4OS. The molecule has 0 radical (unpaired) electrons. The van der Waals surface area contributed by atoms with Gasteiger partial charge in [-0.2, -0.15) is 0 Å². The molecule has 7 heteroatoms. The molecule has 5 nitrogen and oxygen atoms in total. The number of aromatic nitrogens is 3. The van der Waals surface area contributed by atoms with Gasteiger partial charge in [-0.25, -0.2) is 0 Å². The number of amides is 1. The first kappa shape index (κ1) is 18.1. The third kappa shape index (κ3) is 4.01. The fraction of sp³-hybridized carbons (Fsp3) is 0.250. The number of halogens is 1. The molecule has 0 bridgehead atoms. The average Bonchev–Trinajstić information content (AvgIpc) is 3.30. The van der Waals surface area contributed by atoms with Crippen LogP contribution in [0.4, 0.5) is 0 Å². The fourth-order valence-corrected chi connectivity index (χ4v) is 4.19. The maximum Gasteiger partial charge on any atom is 0.222 e. The van der Waals surface area contributed by atoms with Crippen molar-refractivity contribution in [1.29, 1.82) is 0 Å². The summed E-state index contributed by atoms with van der Waals surface area (Å²) in [5.41, 5.74) is 1.96. The summed E-state index contributed by atoms with van der Waals surface area (Å²) in [6.07, 6.45) is 1.63. The van der Waals surface area contributed by atoms with Gasteiger partial charge in [-0.1, -0.05) is 53.7 Å². The van der Waals surface area contributed by atoms with Gasteiger partial charge in [0.25, 0.3) is 0 Å². The van der Waals surface area contributed by atoms with Crippen LogP contribution in [0.5, 0.6) is 0 Å². The summed E-state index contributed by atoms with van der Waals surface area (Å²) >= 11 is 7.67. The number of carbonyl (C=O) groups is 1. The molecule has 0 unspecified atom stereocenters. The van der Waals surface area contributed by atoms with Gasteiger partial charge in [0.2, 0.25) is 5.91 Å². The van der Waals surface area contributed by atoms with Crippen LogP contribution < -0.4 is 0 Å². The van der Waals surface area contributed by atoms with Crippen molar-refractivity contribution in [2.45, 2.75) is 18.0 Å². The van der Waals surface area contributed by atoms with Crippen LogP contribution in [-0.2, 0) is 4.79 Å². The first-order chi connectivity index (χ1) is 13.2. The fourth-order valence-electron chi connectivity index (χ4n) is 3.15. The topological polar surface area (TPSA) is 51.0 Å². The van der Waals surface area contributed by atoms with E-state index in [1.54, 1.807) is 11.8 Å². The van der Waals surface area contributed by atoms with Gasteiger partial charge in [0.15, 0.2) is 11.0 Å². The number of rotatable bonds is 6. The number of benzene rings is 2. The highest BCUT2D eigenvalue weighted by Gasteiger charge is 2.21. The van der Waals surface area contributed by atoms with E-state index >= 15 is 0 Å². The van der Waals surface area contributed by atoms with Crippen molar-refractivity contribution in [3.8, 4) is 17.1 Å². The molecule has 1 aliphatic heterocycles. The Balaban J connectivity index is 1.61. The van der Waals surface area contributed by atoms with E-state index in [9.17, 15) is 4.79 Å². The Morgan fingerprint density at radius 3 is 2.52 bits per heavy atom. The smallest absolute Gasteiger partial charge is 0.222 e. The van der Waals surface area contributed by atoms with Crippen molar-refractivity contribution in [2.24, 2.45) is 0 Å². The maximum absolute atomic E-state index is 11.8. The summed E-state index contributed by atoms with van der Waals surface area (Å²) < 4.78 is 2.04. The highest BCUT2D eigenvalue weighted by molar-refractivity contribution is 7.99. The summed E-state index contributed by atoms with van der Waals surface area (Å²) in [5.74, 6) is 1.82. The van der Waals surface area contributed by atoms with Gasteiger partial charge in [-0.15, -0.1) is 10.2 Å².